The summed E-state index contributed by atoms with van der Waals surface area (Å²) >= 11 is 0. The van der Waals surface area contributed by atoms with E-state index < -0.39 is 4.92 Å². The van der Waals surface area contributed by atoms with E-state index in [1.54, 1.807) is 24.3 Å². The standard InChI is InChI=1S/C20H25N3O4.ClH/c1-27-19-16-10-6-5-9-15(16)18(23(25)26)13-17(19)20(24)22-12-11-21-14-7-3-2-4-8-14;/h5-6,9-10,13-14,21H,2-4,7-8,11-12H2,1H3,(H,22,24);1H. The quantitative estimate of drug-likeness (QED) is 0.413. The molecule has 1 saturated carbocycles. The van der Waals surface area contributed by atoms with E-state index in [4.69, 9.17) is 4.74 Å². The smallest absolute Gasteiger partial charge is 0.278 e. The normalized spacial score (nSPS) is 14.3. The summed E-state index contributed by atoms with van der Waals surface area (Å²) in [5.74, 6) is -0.0138. The lowest BCUT2D eigenvalue weighted by Gasteiger charge is -2.22. The molecule has 0 bridgehead atoms. The van der Waals surface area contributed by atoms with E-state index in [0.717, 1.165) is 0 Å². The minimum Gasteiger partial charge on any atom is -0.495 e. The average Bonchev–Trinajstić information content (AvgIpc) is 2.70. The van der Waals surface area contributed by atoms with Gasteiger partial charge in [0, 0.05) is 30.6 Å². The van der Waals surface area contributed by atoms with Gasteiger partial charge in [-0.05, 0) is 18.9 Å². The van der Waals surface area contributed by atoms with Gasteiger partial charge in [0.2, 0.25) is 0 Å². The van der Waals surface area contributed by atoms with E-state index in [-0.39, 0.29) is 29.6 Å². The topological polar surface area (TPSA) is 93.5 Å². The number of carbonyl (C=O) groups excluding carboxylic acids is 1. The summed E-state index contributed by atoms with van der Waals surface area (Å²) in [7, 11) is 1.47. The first kappa shape index (κ1) is 21.9. The molecule has 7 nitrogen and oxygen atoms in total. The molecule has 1 fully saturated rings. The fourth-order valence-electron chi connectivity index (χ4n) is 3.72. The Morgan fingerprint density at radius 1 is 1.18 bits per heavy atom. The Morgan fingerprint density at radius 3 is 2.50 bits per heavy atom. The minimum absolute atomic E-state index is 0. The number of methoxy groups -OCH3 is 1. The van der Waals surface area contributed by atoms with Crippen LogP contribution in [0.5, 0.6) is 5.75 Å². The third-order valence-electron chi connectivity index (χ3n) is 5.07. The first-order valence-electron chi connectivity index (χ1n) is 9.37. The van der Waals surface area contributed by atoms with E-state index in [1.165, 1.54) is 45.3 Å². The first-order chi connectivity index (χ1) is 13.1. The van der Waals surface area contributed by atoms with Crippen molar-refractivity contribution in [1.29, 1.82) is 0 Å². The molecule has 0 atom stereocenters. The van der Waals surface area contributed by atoms with E-state index in [0.29, 0.717) is 35.7 Å². The zero-order valence-corrected chi connectivity index (χ0v) is 16.7. The lowest BCUT2D eigenvalue weighted by molar-refractivity contribution is -0.383. The maximum atomic E-state index is 12.7. The molecular formula is C20H26ClN3O4. The van der Waals surface area contributed by atoms with Crippen LogP contribution in [0.15, 0.2) is 30.3 Å². The van der Waals surface area contributed by atoms with Crippen LogP contribution in [0.4, 0.5) is 5.69 Å². The van der Waals surface area contributed by atoms with Crippen molar-refractivity contribution < 1.29 is 14.5 Å². The number of nitro groups is 1. The van der Waals surface area contributed by atoms with Crippen LogP contribution in [0.25, 0.3) is 10.8 Å². The molecular weight excluding hydrogens is 382 g/mol. The van der Waals surface area contributed by atoms with Crippen molar-refractivity contribution in [2.24, 2.45) is 0 Å². The highest BCUT2D eigenvalue weighted by Crippen LogP contribution is 2.36. The van der Waals surface area contributed by atoms with Crippen LogP contribution in [0, 0.1) is 10.1 Å². The number of halogens is 1. The molecule has 2 aromatic rings. The van der Waals surface area contributed by atoms with Crippen molar-refractivity contribution >= 4 is 34.8 Å². The van der Waals surface area contributed by atoms with E-state index >= 15 is 0 Å². The van der Waals surface area contributed by atoms with Crippen molar-refractivity contribution in [2.75, 3.05) is 20.2 Å². The summed E-state index contributed by atoms with van der Waals surface area (Å²) in [4.78, 5) is 23.6. The Labute approximate surface area is 170 Å². The summed E-state index contributed by atoms with van der Waals surface area (Å²) < 4.78 is 5.42. The van der Waals surface area contributed by atoms with E-state index in [9.17, 15) is 14.9 Å². The second-order valence-electron chi connectivity index (χ2n) is 6.82. The van der Waals surface area contributed by atoms with Crippen molar-refractivity contribution in [3.63, 3.8) is 0 Å². The molecule has 0 radical (unpaired) electrons. The first-order valence-corrected chi connectivity index (χ1v) is 9.37. The number of benzene rings is 2. The Kier molecular flexibility index (Phi) is 8.02. The highest BCUT2D eigenvalue weighted by atomic mass is 35.5. The number of nitrogens with zero attached hydrogens (tertiary/aromatic N) is 1. The van der Waals surface area contributed by atoms with Crippen molar-refractivity contribution in [3.8, 4) is 5.75 Å². The van der Waals surface area contributed by atoms with E-state index in [2.05, 4.69) is 10.6 Å². The number of nitrogens with one attached hydrogen (secondary N) is 2. The third kappa shape index (κ3) is 4.91. The summed E-state index contributed by atoms with van der Waals surface area (Å²) in [5.41, 5.74) is 0.0810. The van der Waals surface area contributed by atoms with Gasteiger partial charge >= 0.3 is 0 Å². The Balaban J connectivity index is 0.00000280. The molecule has 1 amide bonds. The number of non-ortho nitro benzene ring substituents is 1. The van der Waals surface area contributed by atoms with Crippen LogP contribution in [0.1, 0.15) is 42.5 Å². The van der Waals surface area contributed by atoms with Gasteiger partial charge in [-0.3, -0.25) is 14.9 Å². The molecule has 0 unspecified atom stereocenters. The number of hydrogen-bond donors (Lipinski definition) is 2. The zero-order chi connectivity index (χ0) is 19.2. The zero-order valence-electron chi connectivity index (χ0n) is 15.9. The van der Waals surface area contributed by atoms with Gasteiger partial charge in [0.25, 0.3) is 11.6 Å². The Bertz CT molecular complexity index is 838. The maximum Gasteiger partial charge on any atom is 0.278 e. The van der Waals surface area contributed by atoms with Crippen LogP contribution < -0.4 is 15.4 Å². The lowest BCUT2D eigenvalue weighted by Crippen LogP contribution is -2.38. The monoisotopic (exact) mass is 407 g/mol. The summed E-state index contributed by atoms with van der Waals surface area (Å²) in [5, 5.41) is 18.8. The van der Waals surface area contributed by atoms with Gasteiger partial charge in [-0.25, -0.2) is 0 Å². The molecule has 2 N–H and O–H groups in total. The van der Waals surface area contributed by atoms with Crippen LogP contribution in [-0.2, 0) is 0 Å². The number of fused-ring (bicyclic) bond motifs is 1. The molecule has 3 rings (SSSR count). The van der Waals surface area contributed by atoms with Gasteiger partial charge in [-0.2, -0.15) is 0 Å². The molecule has 0 aliphatic heterocycles. The van der Waals surface area contributed by atoms with Crippen LogP contribution in [-0.4, -0.2) is 37.1 Å². The second kappa shape index (κ2) is 10.2. The molecule has 0 spiro atoms. The van der Waals surface area contributed by atoms with Crippen LogP contribution >= 0.6 is 12.4 Å². The van der Waals surface area contributed by atoms with Gasteiger partial charge in [0.1, 0.15) is 5.75 Å². The Morgan fingerprint density at radius 2 is 1.86 bits per heavy atom. The fraction of sp³-hybridized carbons (Fsp3) is 0.450. The molecule has 2 aromatic carbocycles. The summed E-state index contributed by atoms with van der Waals surface area (Å²) in [6, 6.07) is 8.70. The van der Waals surface area contributed by atoms with Gasteiger partial charge in [0.05, 0.1) is 23.0 Å². The third-order valence-corrected chi connectivity index (χ3v) is 5.07. The van der Waals surface area contributed by atoms with Gasteiger partial charge in [-0.15, -0.1) is 12.4 Å². The molecule has 0 heterocycles. The lowest BCUT2D eigenvalue weighted by atomic mass is 9.95. The van der Waals surface area contributed by atoms with Crippen molar-refractivity contribution in [2.45, 2.75) is 38.1 Å². The molecule has 1 aliphatic carbocycles. The molecule has 152 valence electrons. The summed E-state index contributed by atoms with van der Waals surface area (Å²) in [6.07, 6.45) is 6.16. The summed E-state index contributed by atoms with van der Waals surface area (Å²) in [6.45, 7) is 1.13. The molecule has 8 heteroatoms. The highest BCUT2D eigenvalue weighted by molar-refractivity contribution is 6.07. The highest BCUT2D eigenvalue weighted by Gasteiger charge is 2.23. The van der Waals surface area contributed by atoms with Gasteiger partial charge in [0.15, 0.2) is 0 Å². The molecule has 0 saturated heterocycles. The number of rotatable bonds is 7. The van der Waals surface area contributed by atoms with Crippen molar-refractivity contribution in [3.05, 3.63) is 46.0 Å². The predicted octanol–water partition coefficient (Wildman–Crippen LogP) is 3.83. The second-order valence-corrected chi connectivity index (χ2v) is 6.82. The van der Waals surface area contributed by atoms with Gasteiger partial charge < -0.3 is 15.4 Å². The van der Waals surface area contributed by atoms with Crippen LogP contribution in [0.3, 0.4) is 0 Å². The van der Waals surface area contributed by atoms with Gasteiger partial charge in [-0.1, -0.05) is 37.5 Å². The average molecular weight is 408 g/mol. The number of carbonyl (C=O) groups is 1. The molecule has 0 aromatic heterocycles. The van der Waals surface area contributed by atoms with Crippen LogP contribution in [0.2, 0.25) is 0 Å². The fourth-order valence-corrected chi connectivity index (χ4v) is 3.72. The largest absolute Gasteiger partial charge is 0.495 e. The van der Waals surface area contributed by atoms with E-state index in [1.807, 2.05) is 0 Å². The maximum absolute atomic E-state index is 12.7. The SMILES string of the molecule is COc1c(C(=O)NCCNC2CCCCC2)cc([N+](=O)[O-])c2ccccc12.Cl. The number of ether oxygens (including phenoxy) is 1. The minimum atomic E-state index is -0.469. The number of amides is 1. The Hall–Kier alpha value is -2.38. The molecule has 28 heavy (non-hydrogen) atoms. The number of nitro benzene ring substituents is 1. The number of hydrogen-bond acceptors (Lipinski definition) is 5. The van der Waals surface area contributed by atoms with Crippen molar-refractivity contribution in [1.82, 2.24) is 10.6 Å². The molecule has 1 aliphatic rings. The predicted molar refractivity (Wildman–Crippen MR) is 112 cm³/mol.